The van der Waals surface area contributed by atoms with E-state index in [1.54, 1.807) is 46.0 Å². The Hall–Kier alpha value is -4.88. The first-order chi connectivity index (χ1) is 34.8. The summed E-state index contributed by atoms with van der Waals surface area (Å²) in [6, 6.07) is 15.4. The average Bonchev–Trinajstić information content (AvgIpc) is 3.91. The number of fused-ring (bicyclic) bond motifs is 2. The number of rotatable bonds is 14. The third kappa shape index (κ3) is 10.8. The van der Waals surface area contributed by atoms with Crippen LogP contribution in [0.5, 0.6) is 0 Å². The van der Waals surface area contributed by atoms with Crippen LogP contribution in [0.25, 0.3) is 22.3 Å². The van der Waals surface area contributed by atoms with Crippen LogP contribution in [0.4, 0.5) is 11.6 Å². The number of nitrogens with zero attached hydrogens (tertiary/aromatic N) is 14. The number of aliphatic hydroxyl groups excluding tert-OH is 2. The maximum absolute atomic E-state index is 9.64. The lowest BCUT2D eigenvalue weighted by molar-refractivity contribution is 0.0790. The Morgan fingerprint density at radius 2 is 1.00 bits per heavy atom. The second-order valence-electron chi connectivity index (χ2n) is 20.1. The van der Waals surface area contributed by atoms with Crippen molar-refractivity contribution >= 4 is 80.4 Å². The minimum Gasteiger partial charge on any atom is -0.396 e. The van der Waals surface area contributed by atoms with Gasteiger partial charge >= 0.3 is 0 Å². The minimum absolute atomic E-state index is 0.244. The first kappa shape index (κ1) is 52.0. The number of piperidine rings is 2. The molecular weight excluding hydrogens is 994 g/mol. The largest absolute Gasteiger partial charge is 0.396 e. The average molecular weight is 1060 g/mol. The molecule has 4 fully saturated rings. The highest BCUT2D eigenvalue weighted by Crippen LogP contribution is 2.38. The van der Waals surface area contributed by atoms with Gasteiger partial charge in [0.1, 0.15) is 34.8 Å². The Morgan fingerprint density at radius 1 is 0.597 bits per heavy atom. The zero-order valence-electron chi connectivity index (χ0n) is 41.2. The van der Waals surface area contributed by atoms with Gasteiger partial charge in [-0.3, -0.25) is 0 Å². The predicted molar refractivity (Wildman–Crippen MR) is 283 cm³/mol. The number of likely N-dealkylation sites (tertiary alicyclic amines) is 2. The summed E-state index contributed by atoms with van der Waals surface area (Å²) in [6.45, 7) is 17.1. The highest BCUT2D eigenvalue weighted by atomic mass is 35.5. The molecule has 72 heavy (non-hydrogen) atoms. The van der Waals surface area contributed by atoms with E-state index in [1.807, 2.05) is 26.0 Å². The standard InChI is InChI=1S/2C26H31Cl2N7O/c2*1-16(7-9-36)33-8-3-4-18(13-33)19-14-34(15-19)24-12-30-25-23(11-29)32-35(26(25)31-24)17(2)21-6-5-20(27)10-22(21)28/h2*5-6,10,12,16-19,36H,3-4,7-9,13-15H2,1-2H3/t16-,17+,18-;16-,17-,18+/m01/s1. The summed E-state index contributed by atoms with van der Waals surface area (Å²) in [6.07, 6.45) is 10.1. The van der Waals surface area contributed by atoms with E-state index in [0.29, 0.717) is 78.2 Å². The maximum Gasteiger partial charge on any atom is 0.190 e. The second kappa shape index (κ2) is 22.7. The van der Waals surface area contributed by atoms with Gasteiger partial charge in [0.15, 0.2) is 22.7 Å². The fraction of sp³-hybridized carbons (Fsp3) is 0.538. The van der Waals surface area contributed by atoms with E-state index in [-0.39, 0.29) is 36.7 Å². The summed E-state index contributed by atoms with van der Waals surface area (Å²) in [4.78, 5) is 28.6. The van der Waals surface area contributed by atoms with Gasteiger partial charge in [-0.1, -0.05) is 58.5 Å². The number of hydrogen-bond donors (Lipinski definition) is 2. The van der Waals surface area contributed by atoms with Crippen molar-refractivity contribution in [3.63, 3.8) is 0 Å². The molecule has 0 spiro atoms. The summed E-state index contributed by atoms with van der Waals surface area (Å²) < 4.78 is 3.47. The molecule has 0 radical (unpaired) electrons. The Bertz CT molecular complexity index is 2760. The van der Waals surface area contributed by atoms with Crippen molar-refractivity contribution in [3.8, 4) is 12.1 Å². The Labute approximate surface area is 441 Å². The van der Waals surface area contributed by atoms with Crippen molar-refractivity contribution in [1.82, 2.24) is 49.3 Å². The molecular formula is C52H62Cl4N14O2. The molecule has 0 amide bonds. The summed E-state index contributed by atoms with van der Waals surface area (Å²) in [5.41, 5.74) is 4.35. The van der Waals surface area contributed by atoms with Gasteiger partial charge < -0.3 is 29.8 Å². The number of nitriles is 2. The van der Waals surface area contributed by atoms with Crippen LogP contribution in [0.3, 0.4) is 0 Å². The van der Waals surface area contributed by atoms with Gasteiger partial charge in [-0.05, 0) is 138 Å². The van der Waals surface area contributed by atoms with Crippen LogP contribution in [0.2, 0.25) is 20.1 Å². The number of hydrogen-bond acceptors (Lipinski definition) is 14. The summed E-state index contributed by atoms with van der Waals surface area (Å²) >= 11 is 25.1. The summed E-state index contributed by atoms with van der Waals surface area (Å²) in [5.74, 6) is 4.18. The molecule has 0 unspecified atom stereocenters. The lowest BCUT2D eigenvalue weighted by Crippen LogP contribution is -2.54. The van der Waals surface area contributed by atoms with Gasteiger partial charge in [0.2, 0.25) is 0 Å². The fourth-order valence-corrected chi connectivity index (χ4v) is 12.3. The molecule has 4 aromatic heterocycles. The number of aromatic nitrogens is 8. The van der Waals surface area contributed by atoms with E-state index >= 15 is 0 Å². The number of benzene rings is 2. The maximum atomic E-state index is 9.64. The van der Waals surface area contributed by atoms with E-state index in [1.165, 1.54) is 25.7 Å². The fourth-order valence-electron chi connectivity index (χ4n) is 11.1. The Kier molecular flexibility index (Phi) is 16.4. The van der Waals surface area contributed by atoms with Gasteiger partial charge in [-0.2, -0.15) is 20.7 Å². The third-order valence-corrected chi connectivity index (χ3v) is 16.8. The van der Waals surface area contributed by atoms with Crippen LogP contribution in [0.1, 0.15) is 101 Å². The van der Waals surface area contributed by atoms with Crippen molar-refractivity contribution in [2.75, 3.05) is 75.4 Å². The van der Waals surface area contributed by atoms with Gasteiger partial charge in [0.05, 0.1) is 24.5 Å². The van der Waals surface area contributed by atoms with Gasteiger partial charge in [-0.25, -0.2) is 29.3 Å². The van der Waals surface area contributed by atoms with Crippen LogP contribution in [-0.4, -0.2) is 137 Å². The van der Waals surface area contributed by atoms with Gasteiger partial charge in [-0.15, -0.1) is 0 Å². The first-order valence-corrected chi connectivity index (χ1v) is 26.7. The Morgan fingerprint density at radius 3 is 1.36 bits per heavy atom. The van der Waals surface area contributed by atoms with E-state index in [4.69, 9.17) is 56.4 Å². The van der Waals surface area contributed by atoms with Crippen LogP contribution >= 0.6 is 46.4 Å². The third-order valence-electron chi connectivity index (χ3n) is 15.7. The second-order valence-corrected chi connectivity index (χ2v) is 21.8. The van der Waals surface area contributed by atoms with Crippen LogP contribution in [0, 0.1) is 46.3 Å². The van der Waals surface area contributed by atoms with Crippen LogP contribution in [0.15, 0.2) is 48.8 Å². The molecule has 4 saturated heterocycles. The molecule has 10 rings (SSSR count). The lowest BCUT2D eigenvalue weighted by Gasteiger charge is -2.48. The van der Waals surface area contributed by atoms with E-state index < -0.39 is 0 Å². The van der Waals surface area contributed by atoms with E-state index in [9.17, 15) is 20.7 Å². The van der Waals surface area contributed by atoms with Crippen molar-refractivity contribution in [3.05, 3.63) is 91.4 Å². The molecule has 4 aliphatic heterocycles. The molecule has 6 aromatic rings. The van der Waals surface area contributed by atoms with Crippen molar-refractivity contribution in [2.45, 2.75) is 90.4 Å². The van der Waals surface area contributed by atoms with Gasteiger partial charge in [0, 0.05) is 84.7 Å². The number of halogens is 4. The zero-order chi connectivity index (χ0) is 50.8. The minimum atomic E-state index is -0.248. The predicted octanol–water partition coefficient (Wildman–Crippen LogP) is 9.07. The van der Waals surface area contributed by atoms with Crippen molar-refractivity contribution in [1.29, 1.82) is 10.5 Å². The molecule has 0 aliphatic carbocycles. The highest BCUT2D eigenvalue weighted by Gasteiger charge is 2.39. The smallest absolute Gasteiger partial charge is 0.190 e. The van der Waals surface area contributed by atoms with Crippen molar-refractivity contribution < 1.29 is 10.2 Å². The SMILES string of the molecule is C[C@H](CCO)N1CCC[C@H](C2CN(c3cnc4c(C#N)nn([C@H](C)c5ccc(Cl)cc5Cl)c4n3)C2)C1.C[C@H](c1ccc(Cl)cc1Cl)n1nc(C#N)c2ncc(N3CC([C@H]4CCCN([C@@H](C)CCO)C4)C3)nc21. The van der Waals surface area contributed by atoms with Crippen LogP contribution in [-0.2, 0) is 0 Å². The zero-order valence-corrected chi connectivity index (χ0v) is 44.2. The number of aliphatic hydroxyl groups is 2. The lowest BCUT2D eigenvalue weighted by atomic mass is 9.80. The molecule has 8 heterocycles. The molecule has 0 saturated carbocycles. The quantitative estimate of drug-likeness (QED) is 0.105. The monoisotopic (exact) mass is 1050 g/mol. The molecule has 380 valence electrons. The molecule has 0 bridgehead atoms. The summed E-state index contributed by atoms with van der Waals surface area (Å²) in [5, 5.41) is 49.2. The first-order valence-electron chi connectivity index (χ1n) is 25.2. The molecule has 4 aliphatic rings. The highest BCUT2D eigenvalue weighted by molar-refractivity contribution is 6.35. The molecule has 20 heteroatoms. The van der Waals surface area contributed by atoms with E-state index in [0.717, 1.165) is 88.0 Å². The molecule has 2 N–H and O–H groups in total. The molecule has 6 atom stereocenters. The van der Waals surface area contributed by atoms with Crippen molar-refractivity contribution in [2.24, 2.45) is 23.7 Å². The molecule has 16 nitrogen and oxygen atoms in total. The summed E-state index contributed by atoms with van der Waals surface area (Å²) in [7, 11) is 0. The number of anilines is 2. The van der Waals surface area contributed by atoms with E-state index in [2.05, 4.69) is 65.8 Å². The molecule has 2 aromatic carbocycles. The normalized spacial score (nSPS) is 20.8. The Balaban J connectivity index is 0.000000178. The topological polar surface area (TPSA) is 188 Å². The van der Waals surface area contributed by atoms with Gasteiger partial charge in [0.25, 0.3) is 0 Å². The van der Waals surface area contributed by atoms with Crippen LogP contribution < -0.4 is 9.80 Å².